The van der Waals surface area contributed by atoms with E-state index in [0.717, 1.165) is 11.1 Å². The maximum absolute atomic E-state index is 5.84. The van der Waals surface area contributed by atoms with Crippen molar-refractivity contribution < 1.29 is 0 Å². The van der Waals surface area contributed by atoms with E-state index in [1.54, 1.807) is 24.5 Å². The third-order valence-electron chi connectivity index (χ3n) is 2.47. The van der Waals surface area contributed by atoms with E-state index in [9.17, 15) is 0 Å². The predicted molar refractivity (Wildman–Crippen MR) is 65.9 cm³/mol. The summed E-state index contributed by atoms with van der Waals surface area (Å²) in [6.07, 6.45) is 3.25. The van der Waals surface area contributed by atoms with Gasteiger partial charge in [0.15, 0.2) is 5.65 Å². The van der Waals surface area contributed by atoms with Crippen LogP contribution in [0.25, 0.3) is 22.6 Å². The Hall–Kier alpha value is -2.63. The number of pyridine rings is 2. The number of nitrogens with one attached hydrogen (secondary N) is 1. The largest absolute Gasteiger partial charge is 0.397 e. The number of H-pyrrole nitrogens is 1. The fourth-order valence-corrected chi connectivity index (χ4v) is 1.66. The minimum absolute atomic E-state index is 0.443. The summed E-state index contributed by atoms with van der Waals surface area (Å²) >= 11 is 0. The summed E-state index contributed by atoms with van der Waals surface area (Å²) in [5, 5.41) is 0. The van der Waals surface area contributed by atoms with Gasteiger partial charge < -0.3 is 16.5 Å². The number of aromatic nitrogens is 4. The van der Waals surface area contributed by atoms with Crippen LogP contribution in [0.4, 0.5) is 11.5 Å². The summed E-state index contributed by atoms with van der Waals surface area (Å²) in [7, 11) is 0. The van der Waals surface area contributed by atoms with Crippen LogP contribution in [0.2, 0.25) is 0 Å². The lowest BCUT2D eigenvalue weighted by Crippen LogP contribution is -1.91. The van der Waals surface area contributed by atoms with Gasteiger partial charge in [0.05, 0.1) is 17.4 Å². The molecule has 0 aromatic carbocycles. The normalized spacial score (nSPS) is 10.8. The van der Waals surface area contributed by atoms with Crippen LogP contribution in [0.5, 0.6) is 0 Å². The summed E-state index contributed by atoms with van der Waals surface area (Å²) in [6, 6.07) is 5.36. The van der Waals surface area contributed by atoms with Gasteiger partial charge in [-0.3, -0.25) is 4.98 Å². The smallest absolute Gasteiger partial charge is 0.180 e. The second-order valence-corrected chi connectivity index (χ2v) is 3.66. The molecule has 0 spiro atoms. The summed E-state index contributed by atoms with van der Waals surface area (Å²) in [5.41, 5.74) is 14.2. The Labute approximate surface area is 96.7 Å². The quantitative estimate of drug-likeness (QED) is 0.577. The minimum Gasteiger partial charge on any atom is -0.397 e. The highest BCUT2D eigenvalue weighted by molar-refractivity contribution is 5.80. The number of nitrogen functional groups attached to an aromatic ring is 2. The van der Waals surface area contributed by atoms with Crippen molar-refractivity contribution in [2.24, 2.45) is 0 Å². The molecule has 0 radical (unpaired) electrons. The Morgan fingerprint density at radius 1 is 1.06 bits per heavy atom. The molecule has 0 atom stereocenters. The molecule has 3 rings (SSSR count). The van der Waals surface area contributed by atoms with Gasteiger partial charge in [-0.2, -0.15) is 0 Å². The number of nitrogens with zero attached hydrogens (tertiary/aromatic N) is 3. The van der Waals surface area contributed by atoms with Crippen LogP contribution in [0, 0.1) is 0 Å². The summed E-state index contributed by atoms with van der Waals surface area (Å²) in [4.78, 5) is 15.6. The Kier molecular flexibility index (Phi) is 1.94. The molecule has 0 aliphatic rings. The summed E-state index contributed by atoms with van der Waals surface area (Å²) in [5.74, 6) is 1.11. The number of rotatable bonds is 1. The molecule has 3 aromatic heterocycles. The molecule has 0 aliphatic carbocycles. The zero-order valence-corrected chi connectivity index (χ0v) is 8.88. The van der Waals surface area contributed by atoms with Gasteiger partial charge in [0.25, 0.3) is 0 Å². The van der Waals surface area contributed by atoms with Crippen molar-refractivity contribution in [3.05, 3.63) is 30.6 Å². The zero-order valence-electron chi connectivity index (χ0n) is 8.88. The number of fused-ring (bicyclic) bond motifs is 1. The van der Waals surface area contributed by atoms with E-state index < -0.39 is 0 Å². The highest BCUT2D eigenvalue weighted by Gasteiger charge is 2.08. The molecule has 0 saturated heterocycles. The average molecular weight is 226 g/mol. The fraction of sp³-hybridized carbons (Fsp3) is 0. The first-order valence-electron chi connectivity index (χ1n) is 5.06. The van der Waals surface area contributed by atoms with Crippen molar-refractivity contribution >= 4 is 22.7 Å². The Morgan fingerprint density at radius 3 is 2.76 bits per heavy atom. The van der Waals surface area contributed by atoms with Crippen molar-refractivity contribution in [1.82, 2.24) is 19.9 Å². The van der Waals surface area contributed by atoms with E-state index in [-0.39, 0.29) is 0 Å². The molecule has 0 saturated carbocycles. The van der Waals surface area contributed by atoms with E-state index in [1.807, 2.05) is 6.07 Å². The maximum atomic E-state index is 5.84. The number of anilines is 2. The molecule has 3 aromatic rings. The molecule has 3 heterocycles. The second-order valence-electron chi connectivity index (χ2n) is 3.66. The molecule has 84 valence electrons. The molecule has 17 heavy (non-hydrogen) atoms. The number of imidazole rings is 1. The number of nitrogens with two attached hydrogens (primary N) is 2. The highest BCUT2D eigenvalue weighted by atomic mass is 15.0. The molecule has 6 heteroatoms. The van der Waals surface area contributed by atoms with Crippen molar-refractivity contribution in [2.75, 3.05) is 11.5 Å². The molecule has 6 nitrogen and oxygen atoms in total. The van der Waals surface area contributed by atoms with Crippen LogP contribution >= 0.6 is 0 Å². The Bertz CT molecular complexity index is 687. The van der Waals surface area contributed by atoms with Crippen LogP contribution in [0.1, 0.15) is 0 Å². The van der Waals surface area contributed by atoms with Crippen LogP contribution in [-0.2, 0) is 0 Å². The number of hydrogen-bond donors (Lipinski definition) is 3. The van der Waals surface area contributed by atoms with Gasteiger partial charge in [-0.1, -0.05) is 0 Å². The number of hydrogen-bond acceptors (Lipinski definition) is 5. The predicted octanol–water partition coefficient (Wildman–Crippen LogP) is 1.18. The lowest BCUT2D eigenvalue weighted by Gasteiger charge is -1.99. The lowest BCUT2D eigenvalue weighted by atomic mass is 10.2. The van der Waals surface area contributed by atoms with Gasteiger partial charge in [-0.05, 0) is 18.2 Å². The van der Waals surface area contributed by atoms with Gasteiger partial charge in [0.1, 0.15) is 11.6 Å². The molecule has 0 unspecified atom stereocenters. The summed E-state index contributed by atoms with van der Waals surface area (Å²) in [6.45, 7) is 0. The molecule has 0 amide bonds. The van der Waals surface area contributed by atoms with Crippen LogP contribution in [0.3, 0.4) is 0 Å². The van der Waals surface area contributed by atoms with E-state index in [0.29, 0.717) is 23.0 Å². The van der Waals surface area contributed by atoms with Crippen molar-refractivity contribution in [1.29, 1.82) is 0 Å². The van der Waals surface area contributed by atoms with E-state index >= 15 is 0 Å². The van der Waals surface area contributed by atoms with Crippen LogP contribution in [-0.4, -0.2) is 19.9 Å². The van der Waals surface area contributed by atoms with Crippen LogP contribution < -0.4 is 11.5 Å². The van der Waals surface area contributed by atoms with Gasteiger partial charge in [-0.25, -0.2) is 9.97 Å². The third kappa shape index (κ3) is 1.55. The van der Waals surface area contributed by atoms with Crippen molar-refractivity contribution in [3.8, 4) is 11.4 Å². The maximum Gasteiger partial charge on any atom is 0.180 e. The average Bonchev–Trinajstić information content (AvgIpc) is 2.72. The van der Waals surface area contributed by atoms with E-state index in [2.05, 4.69) is 19.9 Å². The topological polar surface area (TPSA) is 106 Å². The van der Waals surface area contributed by atoms with Gasteiger partial charge in [-0.15, -0.1) is 0 Å². The van der Waals surface area contributed by atoms with E-state index in [4.69, 9.17) is 11.5 Å². The first kappa shape index (κ1) is 9.59. The SMILES string of the molecule is Nc1ccc2[nH]c(-c3ccncc3N)nc2n1. The molecule has 5 N–H and O–H groups in total. The Morgan fingerprint density at radius 2 is 1.94 bits per heavy atom. The monoisotopic (exact) mass is 226 g/mol. The van der Waals surface area contributed by atoms with Gasteiger partial charge in [0.2, 0.25) is 0 Å². The fourth-order valence-electron chi connectivity index (χ4n) is 1.66. The zero-order chi connectivity index (χ0) is 11.8. The standard InChI is InChI=1S/C11H10N6/c12-7-5-14-4-3-6(7)10-15-8-1-2-9(13)16-11(8)17-10/h1-5H,12H2,(H3,13,15,16,17). The number of aromatic amines is 1. The Balaban J connectivity index is 2.22. The third-order valence-corrected chi connectivity index (χ3v) is 2.47. The first-order valence-corrected chi connectivity index (χ1v) is 5.06. The second kappa shape index (κ2) is 3.44. The molecule has 0 aliphatic heterocycles. The summed E-state index contributed by atoms with van der Waals surface area (Å²) < 4.78 is 0. The van der Waals surface area contributed by atoms with Crippen LogP contribution in [0.15, 0.2) is 30.6 Å². The molecular formula is C11H10N6. The lowest BCUT2D eigenvalue weighted by molar-refractivity contribution is 1.28. The molecule has 0 bridgehead atoms. The highest BCUT2D eigenvalue weighted by Crippen LogP contribution is 2.24. The molecule has 0 fully saturated rings. The first-order chi connectivity index (χ1) is 8.24. The minimum atomic E-state index is 0.443. The van der Waals surface area contributed by atoms with Crippen molar-refractivity contribution in [2.45, 2.75) is 0 Å². The van der Waals surface area contributed by atoms with Gasteiger partial charge >= 0.3 is 0 Å². The van der Waals surface area contributed by atoms with E-state index in [1.165, 1.54) is 0 Å². The molecular weight excluding hydrogens is 216 g/mol. The van der Waals surface area contributed by atoms with Crippen molar-refractivity contribution in [3.63, 3.8) is 0 Å². The van der Waals surface area contributed by atoms with Gasteiger partial charge in [0, 0.05) is 11.8 Å².